The Morgan fingerprint density at radius 1 is 1.32 bits per heavy atom. The molecule has 0 saturated carbocycles. The van der Waals surface area contributed by atoms with Crippen molar-refractivity contribution in [2.75, 3.05) is 33.7 Å². The molecule has 108 valence electrons. The lowest BCUT2D eigenvalue weighted by Crippen LogP contribution is -2.31. The molecular weight excluding hydrogens is 244 g/mol. The largest absolute Gasteiger partial charge is 0.475 e. The highest BCUT2D eigenvalue weighted by molar-refractivity contribution is 5.86. The van der Waals surface area contributed by atoms with E-state index < -0.39 is 5.97 Å². The van der Waals surface area contributed by atoms with Crippen LogP contribution in [0.3, 0.4) is 0 Å². The highest BCUT2D eigenvalue weighted by Crippen LogP contribution is 2.16. The third-order valence-corrected chi connectivity index (χ3v) is 2.95. The third-order valence-electron chi connectivity index (χ3n) is 2.95. The number of nitrogens with zero attached hydrogens (tertiary/aromatic N) is 2. The molecule has 1 aromatic heterocycles. The van der Waals surface area contributed by atoms with Gasteiger partial charge in [0.2, 0.25) is 5.76 Å². The van der Waals surface area contributed by atoms with E-state index in [-0.39, 0.29) is 5.76 Å². The minimum Gasteiger partial charge on any atom is -0.475 e. The summed E-state index contributed by atoms with van der Waals surface area (Å²) in [5, 5.41) is 8.98. The van der Waals surface area contributed by atoms with Gasteiger partial charge in [0.1, 0.15) is 5.76 Å². The Hall–Kier alpha value is -1.33. The molecule has 1 heterocycles. The number of aromatic carboxylic acids is 1. The summed E-state index contributed by atoms with van der Waals surface area (Å²) < 4.78 is 5.40. The normalized spacial score (nSPS) is 11.5. The zero-order valence-electron chi connectivity index (χ0n) is 12.3. The molecule has 0 atom stereocenters. The quantitative estimate of drug-likeness (QED) is 0.782. The van der Waals surface area contributed by atoms with Crippen LogP contribution in [0.1, 0.15) is 35.2 Å². The predicted molar refractivity (Wildman–Crippen MR) is 74.5 cm³/mol. The number of aryl methyl sites for hydroxylation is 1. The number of likely N-dealkylation sites (N-methyl/N-ethyl adjacent to an activating group) is 1. The van der Waals surface area contributed by atoms with E-state index in [1.807, 2.05) is 20.2 Å². The second kappa shape index (κ2) is 7.31. The zero-order valence-corrected chi connectivity index (χ0v) is 12.3. The van der Waals surface area contributed by atoms with E-state index in [1.165, 1.54) is 0 Å². The van der Waals surface area contributed by atoms with Crippen LogP contribution < -0.4 is 0 Å². The molecule has 5 nitrogen and oxygen atoms in total. The molecule has 19 heavy (non-hydrogen) atoms. The van der Waals surface area contributed by atoms with Crippen molar-refractivity contribution in [3.8, 4) is 0 Å². The van der Waals surface area contributed by atoms with Crippen molar-refractivity contribution >= 4 is 5.97 Å². The number of carboxylic acid groups (broad SMARTS) is 1. The van der Waals surface area contributed by atoms with Gasteiger partial charge in [0.15, 0.2) is 0 Å². The first-order valence-corrected chi connectivity index (χ1v) is 6.63. The summed E-state index contributed by atoms with van der Waals surface area (Å²) in [5.41, 5.74) is 0.687. The van der Waals surface area contributed by atoms with E-state index in [0.29, 0.717) is 12.1 Å². The second-order valence-electron chi connectivity index (χ2n) is 5.11. The van der Waals surface area contributed by atoms with Crippen molar-refractivity contribution in [3.63, 3.8) is 0 Å². The molecular formula is C14H24N2O3. The molecule has 0 aliphatic heterocycles. The Morgan fingerprint density at radius 3 is 2.47 bits per heavy atom. The van der Waals surface area contributed by atoms with Gasteiger partial charge in [-0.1, -0.05) is 6.92 Å². The van der Waals surface area contributed by atoms with Crippen molar-refractivity contribution in [1.82, 2.24) is 9.80 Å². The standard InChI is InChI=1S/C14H24N2O3/c1-5-6-16(8-7-15(3)4)10-12-9-11(2)13(19-12)14(17)18/h9H,5-8,10H2,1-4H3,(H,17,18). The Bertz CT molecular complexity index is 413. The summed E-state index contributed by atoms with van der Waals surface area (Å²) >= 11 is 0. The van der Waals surface area contributed by atoms with Crippen LogP contribution in [0.25, 0.3) is 0 Å². The first kappa shape index (κ1) is 15.7. The summed E-state index contributed by atoms with van der Waals surface area (Å²) in [5.74, 6) is -0.222. The summed E-state index contributed by atoms with van der Waals surface area (Å²) in [6.07, 6.45) is 1.07. The molecule has 1 rings (SSSR count). The smallest absolute Gasteiger partial charge is 0.372 e. The van der Waals surface area contributed by atoms with E-state index in [9.17, 15) is 4.79 Å². The zero-order chi connectivity index (χ0) is 14.4. The van der Waals surface area contributed by atoms with Gasteiger partial charge in [0.05, 0.1) is 6.54 Å². The first-order valence-electron chi connectivity index (χ1n) is 6.63. The number of furan rings is 1. The molecule has 0 amide bonds. The molecule has 0 unspecified atom stereocenters. The van der Waals surface area contributed by atoms with Crippen LogP contribution in [0.15, 0.2) is 10.5 Å². The fourth-order valence-electron chi connectivity index (χ4n) is 1.99. The fraction of sp³-hybridized carbons (Fsp3) is 0.643. The number of carbonyl (C=O) groups is 1. The number of hydrogen-bond acceptors (Lipinski definition) is 4. The van der Waals surface area contributed by atoms with Gasteiger partial charge in [-0.05, 0) is 40.1 Å². The molecule has 0 aromatic carbocycles. The second-order valence-corrected chi connectivity index (χ2v) is 5.11. The Morgan fingerprint density at radius 2 is 2.00 bits per heavy atom. The summed E-state index contributed by atoms with van der Waals surface area (Å²) in [6.45, 7) is 7.47. The molecule has 0 fully saturated rings. The van der Waals surface area contributed by atoms with Gasteiger partial charge in [0.25, 0.3) is 0 Å². The van der Waals surface area contributed by atoms with Crippen LogP contribution in [0.5, 0.6) is 0 Å². The maximum absolute atomic E-state index is 10.9. The molecule has 5 heteroatoms. The number of hydrogen-bond donors (Lipinski definition) is 1. The van der Waals surface area contributed by atoms with Gasteiger partial charge in [-0.2, -0.15) is 0 Å². The fourth-order valence-corrected chi connectivity index (χ4v) is 1.99. The topological polar surface area (TPSA) is 56.9 Å². The van der Waals surface area contributed by atoms with E-state index in [2.05, 4.69) is 16.7 Å². The van der Waals surface area contributed by atoms with E-state index >= 15 is 0 Å². The number of rotatable bonds is 8. The van der Waals surface area contributed by atoms with Crippen LogP contribution in [0.4, 0.5) is 0 Å². The first-order chi connectivity index (χ1) is 8.93. The van der Waals surface area contributed by atoms with E-state index in [0.717, 1.165) is 31.8 Å². The predicted octanol–water partition coefficient (Wildman–Crippen LogP) is 2.06. The lowest BCUT2D eigenvalue weighted by Gasteiger charge is -2.22. The molecule has 0 bridgehead atoms. The van der Waals surface area contributed by atoms with Crippen LogP contribution in [-0.2, 0) is 6.54 Å². The summed E-state index contributed by atoms with van der Waals surface area (Å²) in [6, 6.07) is 1.82. The molecule has 0 aliphatic rings. The molecule has 0 radical (unpaired) electrons. The monoisotopic (exact) mass is 268 g/mol. The van der Waals surface area contributed by atoms with Crippen molar-refractivity contribution in [2.45, 2.75) is 26.8 Å². The lowest BCUT2D eigenvalue weighted by atomic mass is 10.2. The summed E-state index contributed by atoms with van der Waals surface area (Å²) in [4.78, 5) is 15.4. The maximum atomic E-state index is 10.9. The number of carboxylic acids is 1. The van der Waals surface area contributed by atoms with Gasteiger partial charge >= 0.3 is 5.97 Å². The highest BCUT2D eigenvalue weighted by atomic mass is 16.4. The Kier molecular flexibility index (Phi) is 6.05. The van der Waals surface area contributed by atoms with E-state index in [1.54, 1.807) is 6.92 Å². The molecule has 1 N–H and O–H groups in total. The van der Waals surface area contributed by atoms with Gasteiger partial charge in [-0.3, -0.25) is 4.90 Å². The third kappa shape index (κ3) is 5.04. The Balaban J connectivity index is 2.67. The van der Waals surface area contributed by atoms with Crippen molar-refractivity contribution in [3.05, 3.63) is 23.2 Å². The van der Waals surface area contributed by atoms with Gasteiger partial charge in [0, 0.05) is 18.7 Å². The molecule has 0 saturated heterocycles. The average Bonchev–Trinajstić information content (AvgIpc) is 2.67. The van der Waals surface area contributed by atoms with Gasteiger partial charge in [-0.15, -0.1) is 0 Å². The van der Waals surface area contributed by atoms with Crippen molar-refractivity contribution in [1.29, 1.82) is 0 Å². The summed E-state index contributed by atoms with van der Waals surface area (Å²) in [7, 11) is 4.09. The Labute approximate surface area is 114 Å². The van der Waals surface area contributed by atoms with Crippen LogP contribution >= 0.6 is 0 Å². The lowest BCUT2D eigenvalue weighted by molar-refractivity contribution is 0.0657. The molecule has 1 aromatic rings. The SMILES string of the molecule is CCCN(CCN(C)C)Cc1cc(C)c(C(=O)O)o1. The maximum Gasteiger partial charge on any atom is 0.372 e. The van der Waals surface area contributed by atoms with Crippen LogP contribution in [-0.4, -0.2) is 54.6 Å². The van der Waals surface area contributed by atoms with E-state index in [4.69, 9.17) is 9.52 Å². The average molecular weight is 268 g/mol. The van der Waals surface area contributed by atoms with Gasteiger partial charge in [-0.25, -0.2) is 4.79 Å². The van der Waals surface area contributed by atoms with Gasteiger partial charge < -0.3 is 14.4 Å². The van der Waals surface area contributed by atoms with Crippen molar-refractivity contribution < 1.29 is 14.3 Å². The highest BCUT2D eigenvalue weighted by Gasteiger charge is 2.16. The van der Waals surface area contributed by atoms with Crippen molar-refractivity contribution in [2.24, 2.45) is 0 Å². The van der Waals surface area contributed by atoms with Crippen LogP contribution in [0, 0.1) is 6.92 Å². The molecule has 0 spiro atoms. The minimum absolute atomic E-state index is 0.0547. The molecule has 0 aliphatic carbocycles. The minimum atomic E-state index is -1.00. The van der Waals surface area contributed by atoms with Crippen LogP contribution in [0.2, 0.25) is 0 Å².